The molecule has 0 spiro atoms. The molecule has 0 unspecified atom stereocenters. The van der Waals surface area contributed by atoms with Crippen LogP contribution in [0.1, 0.15) is 5.82 Å². The van der Waals surface area contributed by atoms with Gasteiger partial charge in [-0.1, -0.05) is 0 Å². The summed E-state index contributed by atoms with van der Waals surface area (Å²) in [7, 11) is -4.12. The standard InChI is InChI=1S/C19H19F2N5O2S/c1-14-22-18(24-6-2-3-7-24)13-19(23-14)25-8-10-26(11-9-25)29(27,28)17-12-15(20)4-5-16(17)21/h2-7,12-13H,8-11H2,1H3. The number of hydrogen-bond donors (Lipinski definition) is 0. The van der Waals surface area contributed by atoms with E-state index in [0.29, 0.717) is 30.8 Å². The molecule has 10 heteroatoms. The summed E-state index contributed by atoms with van der Waals surface area (Å²) >= 11 is 0. The van der Waals surface area contributed by atoms with Gasteiger partial charge in [0.15, 0.2) is 0 Å². The first-order valence-corrected chi connectivity index (χ1v) is 10.5. The summed E-state index contributed by atoms with van der Waals surface area (Å²) in [6.07, 6.45) is 3.76. The molecule has 0 aliphatic carbocycles. The van der Waals surface area contributed by atoms with Crippen LogP contribution in [0, 0.1) is 18.6 Å². The van der Waals surface area contributed by atoms with Crippen LogP contribution in [0.4, 0.5) is 14.6 Å². The van der Waals surface area contributed by atoms with Gasteiger partial charge in [-0.15, -0.1) is 0 Å². The quantitative estimate of drug-likeness (QED) is 0.649. The van der Waals surface area contributed by atoms with Crippen LogP contribution in [-0.2, 0) is 10.0 Å². The number of aromatic nitrogens is 3. The van der Waals surface area contributed by atoms with Gasteiger partial charge >= 0.3 is 0 Å². The van der Waals surface area contributed by atoms with E-state index < -0.39 is 26.6 Å². The molecule has 3 heterocycles. The van der Waals surface area contributed by atoms with E-state index in [4.69, 9.17) is 0 Å². The van der Waals surface area contributed by atoms with Crippen LogP contribution in [-0.4, -0.2) is 53.4 Å². The molecule has 0 N–H and O–H groups in total. The van der Waals surface area contributed by atoms with E-state index in [1.54, 1.807) is 6.92 Å². The lowest BCUT2D eigenvalue weighted by molar-refractivity contribution is 0.380. The molecule has 4 rings (SSSR count). The minimum absolute atomic E-state index is 0.139. The van der Waals surface area contributed by atoms with Gasteiger partial charge in [0.05, 0.1) is 0 Å². The molecular formula is C19H19F2N5O2S. The first kappa shape index (κ1) is 19.5. The zero-order valence-corrected chi connectivity index (χ0v) is 16.5. The summed E-state index contributed by atoms with van der Waals surface area (Å²) in [6.45, 7) is 2.82. The maximum Gasteiger partial charge on any atom is 0.246 e. The van der Waals surface area contributed by atoms with Crippen LogP contribution in [0.5, 0.6) is 0 Å². The van der Waals surface area contributed by atoms with Crippen LogP contribution >= 0.6 is 0 Å². The van der Waals surface area contributed by atoms with Gasteiger partial charge < -0.3 is 9.47 Å². The fourth-order valence-corrected chi connectivity index (χ4v) is 4.79. The molecule has 1 saturated heterocycles. The largest absolute Gasteiger partial charge is 0.354 e. The zero-order chi connectivity index (χ0) is 20.6. The van der Waals surface area contributed by atoms with Crippen molar-refractivity contribution in [3.8, 4) is 5.82 Å². The number of hydrogen-bond acceptors (Lipinski definition) is 5. The van der Waals surface area contributed by atoms with Crippen LogP contribution in [0.2, 0.25) is 0 Å². The monoisotopic (exact) mass is 419 g/mol. The Balaban J connectivity index is 1.53. The molecule has 2 aromatic heterocycles. The average molecular weight is 419 g/mol. The third-order valence-electron chi connectivity index (χ3n) is 4.75. The molecule has 0 amide bonds. The number of benzene rings is 1. The molecule has 1 aliphatic heterocycles. The molecule has 7 nitrogen and oxygen atoms in total. The summed E-state index contributed by atoms with van der Waals surface area (Å²) in [5, 5.41) is 0. The minimum atomic E-state index is -4.12. The SMILES string of the molecule is Cc1nc(N2CCN(S(=O)(=O)c3cc(F)ccc3F)CC2)cc(-n2cccc2)n1. The topological polar surface area (TPSA) is 71.3 Å². The lowest BCUT2D eigenvalue weighted by atomic mass is 10.3. The Bertz CT molecular complexity index is 1130. The van der Waals surface area contributed by atoms with Crippen LogP contribution in [0.15, 0.2) is 53.7 Å². The number of rotatable bonds is 4. The van der Waals surface area contributed by atoms with Crippen molar-refractivity contribution in [1.29, 1.82) is 0 Å². The molecule has 1 aromatic carbocycles. The number of nitrogens with zero attached hydrogens (tertiary/aromatic N) is 5. The Kier molecular flexibility index (Phi) is 5.05. The van der Waals surface area contributed by atoms with Crippen molar-refractivity contribution in [3.05, 3.63) is 66.3 Å². The molecule has 3 aromatic rings. The summed E-state index contributed by atoms with van der Waals surface area (Å²) < 4.78 is 55.9. The van der Waals surface area contributed by atoms with Crippen molar-refractivity contribution in [2.75, 3.05) is 31.1 Å². The van der Waals surface area contributed by atoms with Crippen LogP contribution < -0.4 is 4.90 Å². The smallest absolute Gasteiger partial charge is 0.246 e. The minimum Gasteiger partial charge on any atom is -0.354 e. The average Bonchev–Trinajstić information content (AvgIpc) is 3.24. The van der Waals surface area contributed by atoms with Crippen molar-refractivity contribution in [1.82, 2.24) is 18.8 Å². The fourth-order valence-electron chi connectivity index (χ4n) is 3.29. The van der Waals surface area contributed by atoms with Crippen molar-refractivity contribution in [2.24, 2.45) is 0 Å². The van der Waals surface area contributed by atoms with Crippen molar-refractivity contribution in [3.63, 3.8) is 0 Å². The number of halogens is 2. The highest BCUT2D eigenvalue weighted by molar-refractivity contribution is 7.89. The predicted molar refractivity (Wildman–Crippen MR) is 103 cm³/mol. The molecule has 0 saturated carbocycles. The third kappa shape index (κ3) is 3.85. The second kappa shape index (κ2) is 7.53. The normalized spacial score (nSPS) is 15.6. The molecule has 1 fully saturated rings. The second-order valence-corrected chi connectivity index (χ2v) is 8.59. The van der Waals surface area contributed by atoms with Gasteiger partial charge in [-0.2, -0.15) is 4.31 Å². The van der Waals surface area contributed by atoms with Crippen LogP contribution in [0.3, 0.4) is 0 Å². The van der Waals surface area contributed by atoms with E-state index in [0.717, 1.165) is 18.0 Å². The van der Waals surface area contributed by atoms with Gasteiger partial charge in [0.25, 0.3) is 0 Å². The Morgan fingerprint density at radius 1 is 0.931 bits per heavy atom. The number of sulfonamides is 1. The Hall–Kier alpha value is -2.85. The molecular weight excluding hydrogens is 400 g/mol. The lowest BCUT2D eigenvalue weighted by Crippen LogP contribution is -2.49. The predicted octanol–water partition coefficient (Wildman–Crippen LogP) is 2.36. The van der Waals surface area contributed by atoms with Crippen molar-refractivity contribution < 1.29 is 17.2 Å². The van der Waals surface area contributed by atoms with Crippen molar-refractivity contribution in [2.45, 2.75) is 11.8 Å². The van der Waals surface area contributed by atoms with Gasteiger partial charge in [0, 0.05) is 44.6 Å². The molecule has 29 heavy (non-hydrogen) atoms. The molecule has 0 radical (unpaired) electrons. The number of piperazine rings is 1. The summed E-state index contributed by atoms with van der Waals surface area (Å²) in [5.74, 6) is 0.252. The molecule has 0 bridgehead atoms. The second-order valence-electron chi connectivity index (χ2n) is 6.69. The van der Waals surface area contributed by atoms with E-state index in [1.807, 2.05) is 40.1 Å². The van der Waals surface area contributed by atoms with Gasteiger partial charge in [-0.05, 0) is 37.3 Å². The maximum absolute atomic E-state index is 14.0. The molecule has 0 atom stereocenters. The van der Waals surface area contributed by atoms with E-state index in [9.17, 15) is 17.2 Å². The highest BCUT2D eigenvalue weighted by atomic mass is 32.2. The fraction of sp³-hybridized carbons (Fsp3) is 0.263. The molecule has 152 valence electrons. The summed E-state index contributed by atoms with van der Waals surface area (Å²) in [6, 6.07) is 8.06. The Labute approximate surface area is 167 Å². The number of aryl methyl sites for hydroxylation is 1. The van der Waals surface area contributed by atoms with Gasteiger partial charge in [-0.25, -0.2) is 27.2 Å². The van der Waals surface area contributed by atoms with Gasteiger partial charge in [-0.3, -0.25) is 0 Å². The van der Waals surface area contributed by atoms with Gasteiger partial charge in [0.2, 0.25) is 10.0 Å². The summed E-state index contributed by atoms with van der Waals surface area (Å²) in [5.41, 5.74) is 0. The highest BCUT2D eigenvalue weighted by Crippen LogP contribution is 2.24. The van der Waals surface area contributed by atoms with E-state index in [-0.39, 0.29) is 13.1 Å². The first-order chi connectivity index (χ1) is 13.8. The van der Waals surface area contributed by atoms with Crippen molar-refractivity contribution >= 4 is 15.8 Å². The molecule has 1 aliphatic rings. The van der Waals surface area contributed by atoms with E-state index in [2.05, 4.69) is 9.97 Å². The Morgan fingerprint density at radius 3 is 2.28 bits per heavy atom. The van der Waals surface area contributed by atoms with Crippen LogP contribution in [0.25, 0.3) is 5.82 Å². The van der Waals surface area contributed by atoms with E-state index in [1.165, 1.54) is 4.31 Å². The lowest BCUT2D eigenvalue weighted by Gasteiger charge is -2.34. The first-order valence-electron chi connectivity index (χ1n) is 9.04. The highest BCUT2D eigenvalue weighted by Gasteiger charge is 2.31. The third-order valence-corrected chi connectivity index (χ3v) is 6.67. The number of anilines is 1. The van der Waals surface area contributed by atoms with E-state index >= 15 is 0 Å². The Morgan fingerprint density at radius 2 is 1.59 bits per heavy atom. The summed E-state index contributed by atoms with van der Waals surface area (Å²) in [4.78, 5) is 10.2. The van der Waals surface area contributed by atoms with Gasteiger partial charge in [0.1, 0.15) is 34.0 Å². The maximum atomic E-state index is 14.0. The zero-order valence-electron chi connectivity index (χ0n) is 15.7.